The second-order valence-electron chi connectivity index (χ2n) is 4.52. The lowest BCUT2D eigenvalue weighted by atomic mass is 10.2. The average Bonchev–Trinajstić information content (AvgIpc) is 3.08. The van der Waals surface area contributed by atoms with Gasteiger partial charge in [-0.3, -0.25) is 0 Å². The van der Waals surface area contributed by atoms with Crippen LogP contribution in [0.15, 0.2) is 40.8 Å². The summed E-state index contributed by atoms with van der Waals surface area (Å²) in [6.45, 7) is 0. The summed E-state index contributed by atoms with van der Waals surface area (Å²) in [4.78, 5) is 23.2. The number of benzene rings is 1. The second kappa shape index (κ2) is 7.35. The molecule has 0 aliphatic heterocycles. The molecule has 1 aromatic carbocycles. The molecule has 0 fully saturated rings. The van der Waals surface area contributed by atoms with Gasteiger partial charge in [0.2, 0.25) is 0 Å². The van der Waals surface area contributed by atoms with Gasteiger partial charge in [-0.15, -0.1) is 0 Å². The highest BCUT2D eigenvalue weighted by molar-refractivity contribution is 5.82. The number of hydrogen-bond acceptors (Lipinski definition) is 6. The van der Waals surface area contributed by atoms with Crippen molar-refractivity contribution in [2.24, 2.45) is 0 Å². The number of rotatable bonds is 5. The van der Waals surface area contributed by atoms with Gasteiger partial charge < -0.3 is 23.9 Å². The first kappa shape index (κ1) is 16.4. The molecule has 0 saturated carbocycles. The van der Waals surface area contributed by atoms with Crippen LogP contribution in [0.2, 0.25) is 0 Å². The lowest BCUT2D eigenvalue weighted by Crippen LogP contribution is -2.34. The van der Waals surface area contributed by atoms with E-state index < -0.39 is 18.1 Å². The summed E-state index contributed by atoms with van der Waals surface area (Å²) in [6.07, 6.45) is -0.761. The van der Waals surface area contributed by atoms with E-state index >= 15 is 0 Å². The molecule has 1 heterocycles. The van der Waals surface area contributed by atoms with Crippen LogP contribution in [0.25, 0.3) is 11.3 Å². The first-order chi connectivity index (χ1) is 11.1. The van der Waals surface area contributed by atoms with Crippen LogP contribution in [0.3, 0.4) is 0 Å². The van der Waals surface area contributed by atoms with Crippen LogP contribution >= 0.6 is 0 Å². The number of esters is 1. The largest absolute Gasteiger partial charge is 0.497 e. The van der Waals surface area contributed by atoms with Crippen molar-refractivity contribution in [3.05, 3.63) is 42.2 Å². The van der Waals surface area contributed by atoms with Gasteiger partial charge in [-0.2, -0.15) is 0 Å². The van der Waals surface area contributed by atoms with E-state index in [9.17, 15) is 9.59 Å². The zero-order valence-electron chi connectivity index (χ0n) is 13.0. The predicted molar refractivity (Wildman–Crippen MR) is 81.0 cm³/mol. The Labute approximate surface area is 133 Å². The molecular formula is C16H17NO6. The van der Waals surface area contributed by atoms with Gasteiger partial charge in [0.25, 0.3) is 0 Å². The molecule has 0 saturated heterocycles. The van der Waals surface area contributed by atoms with Gasteiger partial charge in [0.15, 0.2) is 6.04 Å². The quantitative estimate of drug-likeness (QED) is 0.852. The van der Waals surface area contributed by atoms with E-state index in [-0.39, 0.29) is 5.76 Å². The minimum atomic E-state index is -1.08. The third-order valence-corrected chi connectivity index (χ3v) is 3.17. The zero-order valence-corrected chi connectivity index (χ0v) is 13.0. The number of hydrogen-bond donors (Lipinski definition) is 1. The van der Waals surface area contributed by atoms with Gasteiger partial charge in [-0.1, -0.05) is 0 Å². The van der Waals surface area contributed by atoms with Crippen LogP contribution in [0.4, 0.5) is 4.79 Å². The van der Waals surface area contributed by atoms with Crippen molar-refractivity contribution < 1.29 is 28.2 Å². The van der Waals surface area contributed by atoms with E-state index in [1.165, 1.54) is 14.2 Å². The van der Waals surface area contributed by atoms with Crippen LogP contribution in [-0.4, -0.2) is 33.4 Å². The lowest BCUT2D eigenvalue weighted by molar-refractivity contribution is -0.143. The standard InChI is InChI=1S/C16H17NO6/c1-20-11-6-4-10(5-7-11)12-8-9-13(23-12)14(15(18)21-2)17-16(19)22-3/h4-9,14H,1-3H3,(H,17,19)/t14-/m1/s1. The predicted octanol–water partition coefficient (Wildman–Crippen LogP) is 2.53. The number of amides is 1. The summed E-state index contributed by atoms with van der Waals surface area (Å²) in [7, 11) is 4.01. The Morgan fingerprint density at radius 3 is 2.26 bits per heavy atom. The van der Waals surface area contributed by atoms with Crippen molar-refractivity contribution in [1.82, 2.24) is 5.32 Å². The number of carbonyl (C=O) groups excluding carboxylic acids is 2. The molecule has 0 aliphatic rings. The molecule has 1 atom stereocenters. The normalized spacial score (nSPS) is 11.4. The van der Waals surface area contributed by atoms with Crippen LogP contribution in [0.1, 0.15) is 11.8 Å². The topological polar surface area (TPSA) is 87.0 Å². The van der Waals surface area contributed by atoms with Crippen molar-refractivity contribution in [1.29, 1.82) is 0 Å². The number of methoxy groups -OCH3 is 3. The van der Waals surface area contributed by atoms with E-state index in [1.807, 2.05) is 12.1 Å². The maximum Gasteiger partial charge on any atom is 0.407 e. The van der Waals surface area contributed by atoms with E-state index in [0.29, 0.717) is 5.76 Å². The van der Waals surface area contributed by atoms with E-state index in [0.717, 1.165) is 11.3 Å². The lowest BCUT2D eigenvalue weighted by Gasteiger charge is -2.13. The first-order valence-electron chi connectivity index (χ1n) is 6.75. The van der Waals surface area contributed by atoms with E-state index in [1.54, 1.807) is 31.4 Å². The Bertz CT molecular complexity index is 676. The molecular weight excluding hydrogens is 302 g/mol. The zero-order chi connectivity index (χ0) is 16.8. The average molecular weight is 319 g/mol. The molecule has 1 aromatic heterocycles. The fourth-order valence-corrected chi connectivity index (χ4v) is 1.96. The molecule has 2 aromatic rings. The summed E-state index contributed by atoms with van der Waals surface area (Å²) in [5.74, 6) is 0.850. The summed E-state index contributed by atoms with van der Waals surface area (Å²) in [5.41, 5.74) is 0.804. The molecule has 0 unspecified atom stereocenters. The van der Waals surface area contributed by atoms with Crippen LogP contribution in [0.5, 0.6) is 5.75 Å². The molecule has 122 valence electrons. The Morgan fingerprint density at radius 1 is 1.00 bits per heavy atom. The molecule has 0 radical (unpaired) electrons. The molecule has 1 amide bonds. The van der Waals surface area contributed by atoms with Crippen molar-refractivity contribution in [2.45, 2.75) is 6.04 Å². The van der Waals surface area contributed by atoms with Crippen LogP contribution < -0.4 is 10.1 Å². The highest BCUT2D eigenvalue weighted by Crippen LogP contribution is 2.27. The number of carbonyl (C=O) groups is 2. The molecule has 2 rings (SSSR count). The summed E-state index contributed by atoms with van der Waals surface area (Å²) < 4.78 is 19.9. The highest BCUT2D eigenvalue weighted by atomic mass is 16.5. The Kier molecular flexibility index (Phi) is 5.24. The third-order valence-electron chi connectivity index (χ3n) is 3.17. The minimum absolute atomic E-state index is 0.244. The van der Waals surface area contributed by atoms with Crippen molar-refractivity contribution in [3.8, 4) is 17.1 Å². The maximum absolute atomic E-state index is 11.8. The monoisotopic (exact) mass is 319 g/mol. The third kappa shape index (κ3) is 3.82. The van der Waals surface area contributed by atoms with Crippen molar-refractivity contribution in [2.75, 3.05) is 21.3 Å². The SMILES string of the molecule is COC(=O)N[C@@H](C(=O)OC)c1ccc(-c2ccc(OC)cc2)o1. The van der Waals surface area contributed by atoms with Gasteiger partial charge in [0.1, 0.15) is 17.3 Å². The second-order valence-corrected chi connectivity index (χ2v) is 4.52. The number of ether oxygens (including phenoxy) is 3. The summed E-state index contributed by atoms with van der Waals surface area (Å²) in [6, 6.07) is 9.44. The van der Waals surface area contributed by atoms with Gasteiger partial charge in [-0.05, 0) is 36.4 Å². The highest BCUT2D eigenvalue weighted by Gasteiger charge is 2.27. The Morgan fingerprint density at radius 2 is 1.70 bits per heavy atom. The fourth-order valence-electron chi connectivity index (χ4n) is 1.96. The molecule has 23 heavy (non-hydrogen) atoms. The van der Waals surface area contributed by atoms with Gasteiger partial charge >= 0.3 is 12.1 Å². The molecule has 0 aliphatic carbocycles. The minimum Gasteiger partial charge on any atom is -0.497 e. The fraction of sp³-hybridized carbons (Fsp3) is 0.250. The Hall–Kier alpha value is -2.96. The van der Waals surface area contributed by atoms with Gasteiger partial charge in [-0.25, -0.2) is 9.59 Å². The summed E-state index contributed by atoms with van der Waals surface area (Å²) >= 11 is 0. The van der Waals surface area contributed by atoms with Crippen molar-refractivity contribution in [3.63, 3.8) is 0 Å². The van der Waals surface area contributed by atoms with Crippen LogP contribution in [-0.2, 0) is 14.3 Å². The smallest absolute Gasteiger partial charge is 0.407 e. The van der Waals surface area contributed by atoms with Gasteiger partial charge in [0.05, 0.1) is 21.3 Å². The molecule has 7 nitrogen and oxygen atoms in total. The number of furan rings is 1. The van der Waals surface area contributed by atoms with E-state index in [2.05, 4.69) is 14.8 Å². The molecule has 1 N–H and O–H groups in total. The first-order valence-corrected chi connectivity index (χ1v) is 6.75. The Balaban J connectivity index is 2.26. The number of alkyl carbamates (subject to hydrolysis) is 1. The summed E-state index contributed by atoms with van der Waals surface area (Å²) in [5, 5.41) is 2.37. The molecule has 0 bridgehead atoms. The molecule has 0 spiro atoms. The molecule has 7 heteroatoms. The number of nitrogens with one attached hydrogen (secondary N) is 1. The van der Waals surface area contributed by atoms with E-state index in [4.69, 9.17) is 9.15 Å². The van der Waals surface area contributed by atoms with Crippen LogP contribution in [0, 0.1) is 0 Å². The van der Waals surface area contributed by atoms with Crippen molar-refractivity contribution >= 4 is 12.1 Å². The van der Waals surface area contributed by atoms with Gasteiger partial charge in [0, 0.05) is 5.56 Å². The maximum atomic E-state index is 11.8.